The van der Waals surface area contributed by atoms with E-state index in [9.17, 15) is 9.59 Å². The summed E-state index contributed by atoms with van der Waals surface area (Å²) in [6.07, 6.45) is 1.60. The van der Waals surface area contributed by atoms with Crippen LogP contribution in [-0.2, 0) is 4.79 Å². The Balaban J connectivity index is 1.63. The molecule has 2 aromatic carbocycles. The molecule has 0 aliphatic carbocycles. The first kappa shape index (κ1) is 18.0. The van der Waals surface area contributed by atoms with Gasteiger partial charge in [-0.1, -0.05) is 27.5 Å². The van der Waals surface area contributed by atoms with Gasteiger partial charge in [0, 0.05) is 33.8 Å². The molecule has 0 saturated carbocycles. The first-order valence-electron chi connectivity index (χ1n) is 8.14. The number of hydrogen-bond acceptors (Lipinski definition) is 2. The van der Waals surface area contributed by atoms with Crippen molar-refractivity contribution < 1.29 is 9.59 Å². The second kappa shape index (κ2) is 8.02. The zero-order valence-electron chi connectivity index (χ0n) is 13.5. The van der Waals surface area contributed by atoms with E-state index in [1.807, 2.05) is 24.3 Å². The molecule has 130 valence electrons. The van der Waals surface area contributed by atoms with E-state index in [2.05, 4.69) is 21.2 Å². The lowest BCUT2D eigenvalue weighted by Crippen LogP contribution is -2.43. The molecule has 3 rings (SSSR count). The van der Waals surface area contributed by atoms with Crippen LogP contribution in [0.25, 0.3) is 0 Å². The third kappa shape index (κ3) is 4.61. The number of hydrogen-bond donors (Lipinski definition) is 1. The van der Waals surface area contributed by atoms with Crippen molar-refractivity contribution in [2.24, 2.45) is 5.92 Å². The van der Waals surface area contributed by atoms with Crippen LogP contribution in [0.4, 0.5) is 5.69 Å². The van der Waals surface area contributed by atoms with Gasteiger partial charge in [-0.2, -0.15) is 0 Å². The van der Waals surface area contributed by atoms with Crippen molar-refractivity contribution in [2.75, 3.05) is 18.4 Å². The second-order valence-electron chi connectivity index (χ2n) is 6.09. The van der Waals surface area contributed by atoms with Gasteiger partial charge in [0.2, 0.25) is 5.91 Å². The second-order valence-corrected chi connectivity index (χ2v) is 7.45. The standard InChI is InChI=1S/C19H18BrClN2O2/c20-15-5-9-17(10-6-15)22-18(24)14-2-1-11-23(12-14)19(25)13-3-7-16(21)8-4-13/h3-10,14H,1-2,11-12H2,(H,22,24). The number of piperidine rings is 1. The summed E-state index contributed by atoms with van der Waals surface area (Å²) in [5.41, 5.74) is 1.35. The Morgan fingerprint density at radius 3 is 2.44 bits per heavy atom. The van der Waals surface area contributed by atoms with Gasteiger partial charge in [0.15, 0.2) is 0 Å². The number of rotatable bonds is 3. The lowest BCUT2D eigenvalue weighted by Gasteiger charge is -2.32. The van der Waals surface area contributed by atoms with E-state index in [1.54, 1.807) is 29.2 Å². The lowest BCUT2D eigenvalue weighted by atomic mass is 9.96. The molecule has 1 N–H and O–H groups in total. The van der Waals surface area contributed by atoms with Gasteiger partial charge in [-0.05, 0) is 61.4 Å². The molecule has 4 nitrogen and oxygen atoms in total. The Labute approximate surface area is 160 Å². The highest BCUT2D eigenvalue weighted by molar-refractivity contribution is 9.10. The molecular weight excluding hydrogens is 404 g/mol. The summed E-state index contributed by atoms with van der Waals surface area (Å²) in [4.78, 5) is 26.9. The minimum atomic E-state index is -0.200. The van der Waals surface area contributed by atoms with Crippen LogP contribution >= 0.6 is 27.5 Å². The smallest absolute Gasteiger partial charge is 0.253 e. The molecule has 0 bridgehead atoms. The first-order valence-corrected chi connectivity index (χ1v) is 9.31. The van der Waals surface area contributed by atoms with Crippen LogP contribution in [-0.4, -0.2) is 29.8 Å². The van der Waals surface area contributed by atoms with Crippen molar-refractivity contribution >= 4 is 45.0 Å². The molecule has 1 heterocycles. The fraction of sp³-hybridized carbons (Fsp3) is 0.263. The minimum Gasteiger partial charge on any atom is -0.338 e. The van der Waals surface area contributed by atoms with E-state index in [-0.39, 0.29) is 17.7 Å². The van der Waals surface area contributed by atoms with Crippen molar-refractivity contribution in [1.82, 2.24) is 4.90 Å². The first-order chi connectivity index (χ1) is 12.0. The summed E-state index contributed by atoms with van der Waals surface area (Å²) < 4.78 is 0.961. The highest BCUT2D eigenvalue weighted by Crippen LogP contribution is 2.22. The van der Waals surface area contributed by atoms with Crippen molar-refractivity contribution in [1.29, 1.82) is 0 Å². The van der Waals surface area contributed by atoms with E-state index < -0.39 is 0 Å². The molecule has 0 spiro atoms. The van der Waals surface area contributed by atoms with E-state index in [0.29, 0.717) is 23.7 Å². The molecule has 1 aliphatic rings. The van der Waals surface area contributed by atoms with Crippen molar-refractivity contribution in [3.05, 3.63) is 63.6 Å². The number of nitrogens with zero attached hydrogens (tertiary/aromatic N) is 1. The van der Waals surface area contributed by atoms with E-state index >= 15 is 0 Å². The van der Waals surface area contributed by atoms with Gasteiger partial charge in [-0.3, -0.25) is 9.59 Å². The molecule has 2 aromatic rings. The molecule has 1 atom stereocenters. The number of nitrogens with one attached hydrogen (secondary N) is 1. The average Bonchev–Trinajstić information content (AvgIpc) is 2.64. The van der Waals surface area contributed by atoms with Gasteiger partial charge in [-0.25, -0.2) is 0 Å². The van der Waals surface area contributed by atoms with E-state index in [0.717, 1.165) is 23.0 Å². The average molecular weight is 422 g/mol. The summed E-state index contributed by atoms with van der Waals surface area (Å²) in [5, 5.41) is 3.53. The highest BCUT2D eigenvalue weighted by atomic mass is 79.9. The maximum Gasteiger partial charge on any atom is 0.253 e. The maximum atomic E-state index is 12.6. The third-order valence-corrected chi connectivity index (χ3v) is 5.06. The monoisotopic (exact) mass is 420 g/mol. The molecular formula is C19H18BrClN2O2. The Hall–Kier alpha value is -1.85. The summed E-state index contributed by atoms with van der Waals surface area (Å²) in [6.45, 7) is 1.10. The number of likely N-dealkylation sites (tertiary alicyclic amines) is 1. The Bertz CT molecular complexity index is 762. The molecule has 25 heavy (non-hydrogen) atoms. The zero-order valence-corrected chi connectivity index (χ0v) is 15.9. The SMILES string of the molecule is O=C(Nc1ccc(Br)cc1)C1CCCN(C(=O)c2ccc(Cl)cc2)C1. The minimum absolute atomic E-state index is 0.0454. The van der Waals surface area contributed by atoms with E-state index in [1.165, 1.54) is 0 Å². The van der Waals surface area contributed by atoms with Crippen LogP contribution in [0, 0.1) is 5.92 Å². The molecule has 1 fully saturated rings. The normalized spacial score (nSPS) is 17.2. The van der Waals surface area contributed by atoms with Gasteiger partial charge >= 0.3 is 0 Å². The van der Waals surface area contributed by atoms with Gasteiger partial charge in [0.1, 0.15) is 0 Å². The van der Waals surface area contributed by atoms with Crippen molar-refractivity contribution in [3.63, 3.8) is 0 Å². The molecule has 1 unspecified atom stereocenters. The number of carbonyl (C=O) groups excluding carboxylic acids is 2. The van der Waals surface area contributed by atoms with Crippen LogP contribution < -0.4 is 5.32 Å². The van der Waals surface area contributed by atoms with Crippen LogP contribution in [0.15, 0.2) is 53.0 Å². The largest absolute Gasteiger partial charge is 0.338 e. The Morgan fingerprint density at radius 2 is 1.76 bits per heavy atom. The summed E-state index contributed by atoms with van der Waals surface area (Å²) in [6, 6.07) is 14.3. The van der Waals surface area contributed by atoms with Crippen LogP contribution in [0.5, 0.6) is 0 Å². The number of carbonyl (C=O) groups is 2. The van der Waals surface area contributed by atoms with Crippen LogP contribution in [0.3, 0.4) is 0 Å². The van der Waals surface area contributed by atoms with Gasteiger partial charge in [-0.15, -0.1) is 0 Å². The molecule has 6 heteroatoms. The van der Waals surface area contributed by atoms with Crippen LogP contribution in [0.2, 0.25) is 5.02 Å². The fourth-order valence-electron chi connectivity index (χ4n) is 2.93. The molecule has 2 amide bonds. The van der Waals surface area contributed by atoms with Gasteiger partial charge in [0.05, 0.1) is 5.92 Å². The lowest BCUT2D eigenvalue weighted by molar-refractivity contribution is -0.121. The van der Waals surface area contributed by atoms with Crippen molar-refractivity contribution in [3.8, 4) is 0 Å². The topological polar surface area (TPSA) is 49.4 Å². The fourth-order valence-corrected chi connectivity index (χ4v) is 3.32. The highest BCUT2D eigenvalue weighted by Gasteiger charge is 2.29. The summed E-state index contributed by atoms with van der Waals surface area (Å²) >= 11 is 9.25. The summed E-state index contributed by atoms with van der Waals surface area (Å²) in [7, 11) is 0. The molecule has 1 saturated heterocycles. The predicted molar refractivity (Wildman–Crippen MR) is 103 cm³/mol. The number of amides is 2. The summed E-state index contributed by atoms with van der Waals surface area (Å²) in [5.74, 6) is -0.303. The quantitative estimate of drug-likeness (QED) is 0.788. The Morgan fingerprint density at radius 1 is 1.08 bits per heavy atom. The molecule has 0 aromatic heterocycles. The Kier molecular flexibility index (Phi) is 5.76. The molecule has 0 radical (unpaired) electrons. The molecule has 1 aliphatic heterocycles. The number of anilines is 1. The van der Waals surface area contributed by atoms with Gasteiger partial charge < -0.3 is 10.2 Å². The predicted octanol–water partition coefficient (Wildman–Crippen LogP) is 4.59. The number of benzene rings is 2. The van der Waals surface area contributed by atoms with Crippen molar-refractivity contribution in [2.45, 2.75) is 12.8 Å². The number of halogens is 2. The zero-order chi connectivity index (χ0) is 17.8. The van der Waals surface area contributed by atoms with Crippen LogP contribution in [0.1, 0.15) is 23.2 Å². The third-order valence-electron chi connectivity index (χ3n) is 4.28. The maximum absolute atomic E-state index is 12.6. The van der Waals surface area contributed by atoms with Gasteiger partial charge in [0.25, 0.3) is 5.91 Å². The van der Waals surface area contributed by atoms with E-state index in [4.69, 9.17) is 11.6 Å².